The number of hydrogen-bond acceptors (Lipinski definition) is 3. The Kier molecular flexibility index (Phi) is 3.98. The molecule has 0 saturated heterocycles. The van der Waals surface area contributed by atoms with Gasteiger partial charge in [-0.15, -0.1) is 0 Å². The average molecular weight is 305 g/mol. The molecule has 1 amide bonds. The molecule has 0 fully saturated rings. The predicted molar refractivity (Wildman–Crippen MR) is 85.1 cm³/mol. The number of anilines is 1. The Balaban J connectivity index is 1.90. The topological polar surface area (TPSA) is 65.8 Å². The van der Waals surface area contributed by atoms with Gasteiger partial charge in [0.15, 0.2) is 5.92 Å². The van der Waals surface area contributed by atoms with E-state index >= 15 is 0 Å². The lowest BCUT2D eigenvalue weighted by Crippen LogP contribution is -2.21. The normalized spacial score (nSPS) is 11.7. The van der Waals surface area contributed by atoms with Crippen molar-refractivity contribution in [2.45, 2.75) is 5.92 Å². The molecular weight excluding hydrogens is 293 g/mol. The van der Waals surface area contributed by atoms with Gasteiger partial charge in [-0.2, -0.15) is 5.26 Å². The molecule has 2 aromatic carbocycles. The lowest BCUT2D eigenvalue weighted by molar-refractivity contribution is -0.116. The molecule has 5 heteroatoms. The van der Waals surface area contributed by atoms with Crippen LogP contribution < -0.4 is 5.32 Å². The first-order valence-electron chi connectivity index (χ1n) is 7.00. The Morgan fingerprint density at radius 3 is 2.61 bits per heavy atom. The van der Waals surface area contributed by atoms with Crippen molar-refractivity contribution in [1.29, 1.82) is 5.26 Å². The SMILES string of the molecule is N#C[C@H](C(=O)Nc1ccccc1F)c1ccc2ccccc2n1. The number of halogens is 1. The fourth-order valence-electron chi connectivity index (χ4n) is 2.27. The molecule has 0 radical (unpaired) electrons. The smallest absolute Gasteiger partial charge is 0.247 e. The third kappa shape index (κ3) is 3.01. The lowest BCUT2D eigenvalue weighted by Gasteiger charge is -2.11. The summed E-state index contributed by atoms with van der Waals surface area (Å²) in [5.74, 6) is -2.27. The van der Waals surface area contributed by atoms with Crippen LogP contribution in [0.5, 0.6) is 0 Å². The van der Waals surface area contributed by atoms with Crippen molar-refractivity contribution in [1.82, 2.24) is 4.98 Å². The van der Waals surface area contributed by atoms with Crippen LogP contribution in [-0.2, 0) is 4.79 Å². The number of nitriles is 1. The summed E-state index contributed by atoms with van der Waals surface area (Å²) in [7, 11) is 0. The number of benzene rings is 2. The van der Waals surface area contributed by atoms with Gasteiger partial charge in [0, 0.05) is 5.39 Å². The minimum absolute atomic E-state index is 0.0403. The standard InChI is InChI=1S/C18H12FN3O/c19-14-6-2-4-8-17(14)22-18(23)13(11-20)16-10-9-12-5-1-3-7-15(12)21-16/h1-10,13H,(H,22,23)/t13-/m0/s1. The van der Waals surface area contributed by atoms with Crippen LogP contribution in [0, 0.1) is 17.1 Å². The molecule has 0 aliphatic carbocycles. The molecule has 112 valence electrons. The summed E-state index contributed by atoms with van der Waals surface area (Å²) in [5.41, 5.74) is 1.07. The summed E-state index contributed by atoms with van der Waals surface area (Å²) in [6.45, 7) is 0. The van der Waals surface area contributed by atoms with Crippen molar-refractivity contribution in [2.75, 3.05) is 5.32 Å². The van der Waals surface area contributed by atoms with Gasteiger partial charge in [-0.1, -0.05) is 36.4 Å². The quantitative estimate of drug-likeness (QED) is 0.803. The Bertz CT molecular complexity index is 917. The molecule has 3 aromatic rings. The Morgan fingerprint density at radius 1 is 1.09 bits per heavy atom. The van der Waals surface area contributed by atoms with Gasteiger partial charge in [0.05, 0.1) is 23.0 Å². The number of para-hydroxylation sites is 2. The molecule has 0 aliphatic heterocycles. The van der Waals surface area contributed by atoms with E-state index in [0.717, 1.165) is 5.39 Å². The van der Waals surface area contributed by atoms with E-state index in [2.05, 4.69) is 10.3 Å². The summed E-state index contributed by atoms with van der Waals surface area (Å²) >= 11 is 0. The largest absolute Gasteiger partial charge is 0.322 e. The first-order chi connectivity index (χ1) is 11.2. The summed E-state index contributed by atoms with van der Waals surface area (Å²) in [5, 5.41) is 12.7. The number of carbonyl (C=O) groups is 1. The van der Waals surface area contributed by atoms with Gasteiger partial charge in [-0.05, 0) is 24.3 Å². The number of nitrogens with zero attached hydrogens (tertiary/aromatic N) is 2. The van der Waals surface area contributed by atoms with Crippen molar-refractivity contribution in [3.8, 4) is 6.07 Å². The first kappa shape index (κ1) is 14.7. The second kappa shape index (κ2) is 6.24. The summed E-state index contributed by atoms with van der Waals surface area (Å²) in [6.07, 6.45) is 0. The second-order valence-electron chi connectivity index (χ2n) is 4.96. The van der Waals surface area contributed by atoms with Gasteiger partial charge < -0.3 is 5.32 Å². The maximum absolute atomic E-state index is 13.6. The average Bonchev–Trinajstić information content (AvgIpc) is 2.57. The molecule has 0 spiro atoms. The predicted octanol–water partition coefficient (Wildman–Crippen LogP) is 3.62. The fourth-order valence-corrected chi connectivity index (χ4v) is 2.27. The number of pyridine rings is 1. The number of rotatable bonds is 3. The summed E-state index contributed by atoms with van der Waals surface area (Å²) in [6, 6.07) is 18.6. The molecule has 23 heavy (non-hydrogen) atoms. The lowest BCUT2D eigenvalue weighted by atomic mass is 10.0. The molecule has 1 heterocycles. The van der Waals surface area contributed by atoms with Gasteiger partial charge >= 0.3 is 0 Å². The molecule has 1 aromatic heterocycles. The molecule has 0 aliphatic rings. The third-order valence-electron chi connectivity index (χ3n) is 3.44. The zero-order valence-corrected chi connectivity index (χ0v) is 12.0. The minimum Gasteiger partial charge on any atom is -0.322 e. The Labute approximate surface area is 132 Å². The molecule has 1 N–H and O–H groups in total. The molecule has 0 saturated carbocycles. The van der Waals surface area contributed by atoms with E-state index in [1.165, 1.54) is 18.2 Å². The van der Waals surface area contributed by atoms with E-state index in [0.29, 0.717) is 11.2 Å². The van der Waals surface area contributed by atoms with Crippen molar-refractivity contribution in [2.24, 2.45) is 0 Å². The highest BCUT2D eigenvalue weighted by molar-refractivity contribution is 5.97. The Morgan fingerprint density at radius 2 is 1.83 bits per heavy atom. The summed E-state index contributed by atoms with van der Waals surface area (Å²) in [4.78, 5) is 16.6. The van der Waals surface area contributed by atoms with E-state index in [1.807, 2.05) is 30.3 Å². The van der Waals surface area contributed by atoms with Crippen LogP contribution in [0.15, 0.2) is 60.7 Å². The van der Waals surface area contributed by atoms with E-state index in [9.17, 15) is 14.4 Å². The molecule has 0 bridgehead atoms. The van der Waals surface area contributed by atoms with Crippen LogP contribution in [0.1, 0.15) is 11.6 Å². The van der Waals surface area contributed by atoms with Crippen LogP contribution in [0.4, 0.5) is 10.1 Å². The van der Waals surface area contributed by atoms with Gasteiger partial charge in [0.25, 0.3) is 0 Å². The van der Waals surface area contributed by atoms with Gasteiger partial charge in [-0.25, -0.2) is 4.39 Å². The Hall–Kier alpha value is -3.26. The number of aromatic nitrogens is 1. The number of carbonyl (C=O) groups excluding carboxylic acids is 1. The zero-order valence-electron chi connectivity index (χ0n) is 12.0. The molecule has 0 unspecified atom stereocenters. The highest BCUT2D eigenvalue weighted by Gasteiger charge is 2.22. The monoisotopic (exact) mass is 305 g/mol. The maximum atomic E-state index is 13.6. The van der Waals surface area contributed by atoms with E-state index in [1.54, 1.807) is 18.2 Å². The van der Waals surface area contributed by atoms with Gasteiger partial charge in [0.2, 0.25) is 5.91 Å². The van der Waals surface area contributed by atoms with Crippen LogP contribution in [0.25, 0.3) is 10.9 Å². The van der Waals surface area contributed by atoms with E-state index in [-0.39, 0.29) is 5.69 Å². The van der Waals surface area contributed by atoms with Crippen LogP contribution >= 0.6 is 0 Å². The van der Waals surface area contributed by atoms with Crippen molar-refractivity contribution >= 4 is 22.5 Å². The number of fused-ring (bicyclic) bond motifs is 1. The molecule has 3 rings (SSSR count). The number of hydrogen-bond donors (Lipinski definition) is 1. The summed E-state index contributed by atoms with van der Waals surface area (Å²) < 4.78 is 13.6. The van der Waals surface area contributed by atoms with Crippen molar-refractivity contribution < 1.29 is 9.18 Å². The van der Waals surface area contributed by atoms with Crippen LogP contribution in [-0.4, -0.2) is 10.9 Å². The third-order valence-corrected chi connectivity index (χ3v) is 3.44. The fraction of sp³-hybridized carbons (Fsp3) is 0.0556. The van der Waals surface area contributed by atoms with Crippen LogP contribution in [0.3, 0.4) is 0 Å². The highest BCUT2D eigenvalue weighted by Crippen LogP contribution is 2.21. The molecule has 1 atom stereocenters. The van der Waals surface area contributed by atoms with Gasteiger partial charge in [0.1, 0.15) is 5.82 Å². The number of amides is 1. The number of nitrogens with one attached hydrogen (secondary N) is 1. The van der Waals surface area contributed by atoms with Crippen molar-refractivity contribution in [3.63, 3.8) is 0 Å². The van der Waals surface area contributed by atoms with E-state index < -0.39 is 17.6 Å². The maximum Gasteiger partial charge on any atom is 0.247 e. The second-order valence-corrected chi connectivity index (χ2v) is 4.96. The molecule has 4 nitrogen and oxygen atoms in total. The van der Waals surface area contributed by atoms with Gasteiger partial charge in [-0.3, -0.25) is 9.78 Å². The van der Waals surface area contributed by atoms with Crippen LogP contribution in [0.2, 0.25) is 0 Å². The minimum atomic E-state index is -1.11. The molecular formula is C18H12FN3O. The van der Waals surface area contributed by atoms with Crippen molar-refractivity contribution in [3.05, 3.63) is 72.2 Å². The van der Waals surface area contributed by atoms with E-state index in [4.69, 9.17) is 0 Å². The zero-order chi connectivity index (χ0) is 16.2. The highest BCUT2D eigenvalue weighted by atomic mass is 19.1. The first-order valence-corrected chi connectivity index (χ1v) is 7.00.